The van der Waals surface area contributed by atoms with Crippen molar-refractivity contribution in [1.82, 2.24) is 0 Å². The van der Waals surface area contributed by atoms with E-state index in [0.717, 1.165) is 9.37 Å². The van der Waals surface area contributed by atoms with Crippen molar-refractivity contribution >= 4 is 45.1 Å². The lowest BCUT2D eigenvalue weighted by molar-refractivity contribution is -0.112. The molecule has 1 aliphatic heterocycles. The number of nitrogens with one attached hydrogen (secondary N) is 1. The first kappa shape index (κ1) is 11.7. The molecule has 0 aliphatic carbocycles. The number of amides is 1. The fourth-order valence-electron chi connectivity index (χ4n) is 1.49. The van der Waals surface area contributed by atoms with Gasteiger partial charge in [-0.25, -0.2) is 0 Å². The van der Waals surface area contributed by atoms with Gasteiger partial charge in [0.2, 0.25) is 0 Å². The summed E-state index contributed by atoms with van der Waals surface area (Å²) >= 11 is 5.10. The Morgan fingerprint density at radius 3 is 2.62 bits per heavy atom. The molecular weight excluding hydrogens is 290 g/mol. The second kappa shape index (κ2) is 4.22. The van der Waals surface area contributed by atoms with Gasteiger partial charge in [0.05, 0.1) is 11.3 Å². The molecule has 1 aromatic rings. The Hall–Kier alpha value is -0.810. The van der Waals surface area contributed by atoms with Crippen LogP contribution in [0.2, 0.25) is 0 Å². The molecule has 16 heavy (non-hydrogen) atoms. The van der Waals surface area contributed by atoms with Crippen LogP contribution < -0.4 is 5.32 Å². The van der Waals surface area contributed by atoms with E-state index in [0.29, 0.717) is 16.5 Å². The van der Waals surface area contributed by atoms with Gasteiger partial charge in [-0.1, -0.05) is 13.8 Å². The fourth-order valence-corrected chi connectivity index (χ4v) is 2.98. The summed E-state index contributed by atoms with van der Waals surface area (Å²) in [4.78, 5) is 23.7. The number of hydrogen-bond donors (Lipinski definition) is 1. The molecule has 0 radical (unpaired) electrons. The van der Waals surface area contributed by atoms with E-state index < -0.39 is 11.7 Å². The van der Waals surface area contributed by atoms with Gasteiger partial charge in [-0.2, -0.15) is 0 Å². The highest BCUT2D eigenvalue weighted by molar-refractivity contribution is 9.10. The summed E-state index contributed by atoms with van der Waals surface area (Å²) in [5.41, 5.74) is 1.06. The van der Waals surface area contributed by atoms with Gasteiger partial charge in [-0.05, 0) is 28.1 Å². The van der Waals surface area contributed by atoms with E-state index in [1.807, 2.05) is 6.07 Å². The van der Waals surface area contributed by atoms with Crippen LogP contribution in [0.5, 0.6) is 0 Å². The number of carbonyl (C=O) groups excluding carboxylic acids is 2. The molecule has 1 aliphatic rings. The lowest BCUT2D eigenvalue weighted by Crippen LogP contribution is -2.12. The highest BCUT2D eigenvalue weighted by Gasteiger charge is 2.29. The van der Waals surface area contributed by atoms with E-state index >= 15 is 0 Å². The van der Waals surface area contributed by atoms with Crippen molar-refractivity contribution in [3.8, 4) is 0 Å². The van der Waals surface area contributed by atoms with Crippen molar-refractivity contribution in [2.24, 2.45) is 0 Å². The molecule has 1 amide bonds. The summed E-state index contributed by atoms with van der Waals surface area (Å²) in [7, 11) is 0. The van der Waals surface area contributed by atoms with Gasteiger partial charge >= 0.3 is 0 Å². The monoisotopic (exact) mass is 299 g/mol. The van der Waals surface area contributed by atoms with E-state index in [1.165, 1.54) is 0 Å². The number of thioether (sulfide) groups is 1. The summed E-state index contributed by atoms with van der Waals surface area (Å²) < 4.78 is 0.856. The average molecular weight is 300 g/mol. The standard InChI is InChI=1S/C11H10BrNO2S/c1-5(2)16-9-4-8-6(3-7(9)12)10(14)11(15)13-8/h3-5H,1-2H3,(H,13,14,15). The van der Waals surface area contributed by atoms with E-state index in [4.69, 9.17) is 0 Å². The first-order valence-electron chi connectivity index (χ1n) is 4.85. The number of hydrogen-bond acceptors (Lipinski definition) is 3. The Morgan fingerprint density at radius 2 is 2.00 bits per heavy atom. The molecular formula is C11H10BrNO2S. The molecule has 0 atom stereocenters. The van der Waals surface area contributed by atoms with Crippen LogP contribution in [0.1, 0.15) is 24.2 Å². The van der Waals surface area contributed by atoms with Crippen LogP contribution in [0.3, 0.4) is 0 Å². The maximum atomic E-state index is 11.4. The number of carbonyl (C=O) groups is 2. The summed E-state index contributed by atoms with van der Waals surface area (Å²) in [6.45, 7) is 4.18. The average Bonchev–Trinajstić information content (AvgIpc) is 2.44. The number of fused-ring (bicyclic) bond motifs is 1. The third-order valence-electron chi connectivity index (χ3n) is 2.13. The molecule has 1 aromatic carbocycles. The third kappa shape index (κ3) is 2.01. The Morgan fingerprint density at radius 1 is 1.31 bits per heavy atom. The van der Waals surface area contributed by atoms with Crippen molar-refractivity contribution in [1.29, 1.82) is 0 Å². The molecule has 84 valence electrons. The zero-order valence-electron chi connectivity index (χ0n) is 8.83. The number of anilines is 1. The minimum atomic E-state index is -0.548. The number of halogens is 1. The topological polar surface area (TPSA) is 46.2 Å². The Kier molecular flexibility index (Phi) is 3.08. The third-order valence-corrected chi connectivity index (χ3v) is 4.12. The van der Waals surface area contributed by atoms with E-state index in [9.17, 15) is 9.59 Å². The van der Waals surface area contributed by atoms with Crippen molar-refractivity contribution in [2.75, 3.05) is 5.32 Å². The van der Waals surface area contributed by atoms with Crippen molar-refractivity contribution in [3.63, 3.8) is 0 Å². The summed E-state index contributed by atoms with van der Waals surface area (Å²) in [6.07, 6.45) is 0. The van der Waals surface area contributed by atoms with Crippen LogP contribution in [0, 0.1) is 0 Å². The summed E-state index contributed by atoms with van der Waals surface area (Å²) in [5, 5.41) is 3.01. The molecule has 0 unspecified atom stereocenters. The minimum Gasteiger partial charge on any atom is -0.318 e. The molecule has 2 rings (SSSR count). The van der Waals surface area contributed by atoms with Crippen LogP contribution in [-0.2, 0) is 4.79 Å². The molecule has 0 aromatic heterocycles. The molecule has 3 nitrogen and oxygen atoms in total. The van der Waals surface area contributed by atoms with Gasteiger partial charge in [-0.15, -0.1) is 11.8 Å². The predicted molar refractivity (Wildman–Crippen MR) is 68.1 cm³/mol. The number of Topliss-reactive ketones (excluding diaryl/α,β-unsaturated/α-hetero) is 1. The smallest absolute Gasteiger partial charge is 0.296 e. The first-order valence-corrected chi connectivity index (χ1v) is 6.52. The molecule has 1 heterocycles. The van der Waals surface area contributed by atoms with Gasteiger partial charge < -0.3 is 5.32 Å². The highest BCUT2D eigenvalue weighted by atomic mass is 79.9. The largest absolute Gasteiger partial charge is 0.318 e. The second-order valence-corrected chi connectivity index (χ2v) is 6.25. The van der Waals surface area contributed by atoms with Gasteiger partial charge in [0.15, 0.2) is 0 Å². The van der Waals surface area contributed by atoms with Crippen LogP contribution in [0.25, 0.3) is 0 Å². The SMILES string of the molecule is CC(C)Sc1cc2c(cc1Br)C(=O)C(=O)N2. The quantitative estimate of drug-likeness (QED) is 0.674. The predicted octanol–water partition coefficient (Wildman–Crippen LogP) is 3.08. The molecule has 5 heteroatoms. The van der Waals surface area contributed by atoms with E-state index in [1.54, 1.807) is 17.8 Å². The van der Waals surface area contributed by atoms with Crippen molar-refractivity contribution in [2.45, 2.75) is 24.0 Å². The lowest BCUT2D eigenvalue weighted by atomic mass is 10.1. The molecule has 0 saturated heterocycles. The molecule has 0 fully saturated rings. The van der Waals surface area contributed by atoms with E-state index in [2.05, 4.69) is 35.1 Å². The van der Waals surface area contributed by atoms with Crippen LogP contribution >= 0.6 is 27.7 Å². The fraction of sp³-hybridized carbons (Fsp3) is 0.273. The number of ketones is 1. The number of benzene rings is 1. The first-order chi connectivity index (χ1) is 7.49. The van der Waals surface area contributed by atoms with Crippen molar-refractivity contribution in [3.05, 3.63) is 22.2 Å². The molecule has 0 saturated carbocycles. The lowest BCUT2D eigenvalue weighted by Gasteiger charge is -2.08. The van der Waals surface area contributed by atoms with Gasteiger partial charge in [0.1, 0.15) is 0 Å². The van der Waals surface area contributed by atoms with Gasteiger partial charge in [-0.3, -0.25) is 9.59 Å². The normalized spacial score (nSPS) is 14.2. The summed E-state index contributed by atoms with van der Waals surface area (Å²) in [6, 6.07) is 3.55. The Bertz CT molecular complexity index is 485. The summed E-state index contributed by atoms with van der Waals surface area (Å²) in [5.74, 6) is -1.01. The van der Waals surface area contributed by atoms with E-state index in [-0.39, 0.29) is 0 Å². The Balaban J connectivity index is 2.44. The molecule has 0 spiro atoms. The highest BCUT2D eigenvalue weighted by Crippen LogP contribution is 2.36. The van der Waals surface area contributed by atoms with Gasteiger partial charge in [0.25, 0.3) is 11.7 Å². The van der Waals surface area contributed by atoms with Crippen LogP contribution in [0.15, 0.2) is 21.5 Å². The molecule has 0 bridgehead atoms. The van der Waals surface area contributed by atoms with Crippen LogP contribution in [0.4, 0.5) is 5.69 Å². The molecule has 1 N–H and O–H groups in total. The van der Waals surface area contributed by atoms with Crippen molar-refractivity contribution < 1.29 is 9.59 Å². The minimum absolute atomic E-state index is 0.446. The zero-order chi connectivity index (χ0) is 11.9. The maximum Gasteiger partial charge on any atom is 0.296 e. The maximum absolute atomic E-state index is 11.4. The van der Waals surface area contributed by atoms with Crippen LogP contribution in [-0.4, -0.2) is 16.9 Å². The second-order valence-electron chi connectivity index (χ2n) is 3.78. The zero-order valence-corrected chi connectivity index (χ0v) is 11.2. The van der Waals surface area contributed by atoms with Gasteiger partial charge in [0, 0.05) is 14.6 Å². The number of rotatable bonds is 2. The Labute approximate surface area is 106 Å².